The molecule has 1 aliphatic heterocycles. The Labute approximate surface area is 128 Å². The first-order chi connectivity index (χ1) is 9.37. The number of amides is 1. The van der Waals surface area contributed by atoms with Crippen LogP contribution in [0.2, 0.25) is 0 Å². The van der Waals surface area contributed by atoms with Crippen molar-refractivity contribution in [1.82, 2.24) is 4.90 Å². The number of carbonyl (C=O) groups is 1. The summed E-state index contributed by atoms with van der Waals surface area (Å²) in [5, 5.41) is 2.96. The Balaban J connectivity index is 1.98. The number of hydrogen-bond donors (Lipinski definition) is 1. The lowest BCUT2D eigenvalue weighted by molar-refractivity contribution is -0.129. The molecule has 1 heterocycles. The molecule has 20 heavy (non-hydrogen) atoms. The third-order valence-corrected chi connectivity index (χ3v) is 3.97. The summed E-state index contributed by atoms with van der Waals surface area (Å²) in [6.07, 6.45) is 0. The molecule has 1 N–H and O–H groups in total. The van der Waals surface area contributed by atoms with Crippen molar-refractivity contribution < 1.29 is 9.53 Å². The van der Waals surface area contributed by atoms with Crippen LogP contribution in [-0.2, 0) is 9.53 Å². The third-order valence-electron chi connectivity index (χ3n) is 3.47. The van der Waals surface area contributed by atoms with E-state index in [-0.39, 0.29) is 17.6 Å². The second kappa shape index (κ2) is 6.24. The van der Waals surface area contributed by atoms with Crippen LogP contribution >= 0.6 is 15.9 Å². The lowest BCUT2D eigenvalue weighted by Gasteiger charge is -2.40. The number of rotatable bonds is 3. The largest absolute Gasteiger partial charge is 0.373 e. The van der Waals surface area contributed by atoms with E-state index in [1.807, 2.05) is 31.2 Å². The summed E-state index contributed by atoms with van der Waals surface area (Å²) in [6.45, 7) is 8.27. The first kappa shape index (κ1) is 15.5. The van der Waals surface area contributed by atoms with Gasteiger partial charge in [0.05, 0.1) is 18.2 Å². The first-order valence-corrected chi connectivity index (χ1v) is 7.61. The molecule has 1 amide bonds. The normalized spacial score (nSPS) is 20.4. The van der Waals surface area contributed by atoms with Crippen LogP contribution in [0.1, 0.15) is 20.8 Å². The lowest BCUT2D eigenvalue weighted by atomic mass is 10.1. The van der Waals surface area contributed by atoms with E-state index in [4.69, 9.17) is 4.74 Å². The smallest absolute Gasteiger partial charge is 0.241 e. The highest BCUT2D eigenvalue weighted by Gasteiger charge is 2.32. The van der Waals surface area contributed by atoms with E-state index < -0.39 is 0 Å². The zero-order valence-corrected chi connectivity index (χ0v) is 13.7. The van der Waals surface area contributed by atoms with Crippen LogP contribution in [0.5, 0.6) is 0 Å². The van der Waals surface area contributed by atoms with Gasteiger partial charge in [-0.1, -0.05) is 22.0 Å². The summed E-state index contributed by atoms with van der Waals surface area (Å²) in [4.78, 5) is 14.5. The minimum Gasteiger partial charge on any atom is -0.373 e. The van der Waals surface area contributed by atoms with Crippen LogP contribution in [0.15, 0.2) is 28.7 Å². The van der Waals surface area contributed by atoms with Gasteiger partial charge < -0.3 is 10.1 Å². The van der Waals surface area contributed by atoms with E-state index in [9.17, 15) is 4.79 Å². The molecule has 5 heteroatoms. The SMILES string of the molecule is CC(C(=O)Nc1cccc(Br)c1)N1CCOC(C)(C)C1. The number of halogens is 1. The third kappa shape index (κ3) is 4.04. The fourth-order valence-electron chi connectivity index (χ4n) is 2.36. The Morgan fingerprint density at radius 1 is 1.50 bits per heavy atom. The van der Waals surface area contributed by atoms with Crippen molar-refractivity contribution in [3.63, 3.8) is 0 Å². The minimum atomic E-state index is -0.192. The average molecular weight is 341 g/mol. The molecule has 0 radical (unpaired) electrons. The van der Waals surface area contributed by atoms with Crippen molar-refractivity contribution in [2.45, 2.75) is 32.4 Å². The van der Waals surface area contributed by atoms with E-state index in [0.717, 1.165) is 23.2 Å². The Bertz CT molecular complexity index is 491. The Morgan fingerprint density at radius 2 is 2.25 bits per heavy atom. The molecule has 0 bridgehead atoms. The van der Waals surface area contributed by atoms with E-state index in [1.165, 1.54) is 0 Å². The standard InChI is InChI=1S/C15H21BrN2O2/c1-11(18-7-8-20-15(2,3)10-18)14(19)17-13-6-4-5-12(16)9-13/h4-6,9,11H,7-8,10H2,1-3H3,(H,17,19). The van der Waals surface area contributed by atoms with E-state index in [2.05, 4.69) is 40.0 Å². The summed E-state index contributed by atoms with van der Waals surface area (Å²) in [6, 6.07) is 7.45. The Hall–Kier alpha value is -0.910. The van der Waals surface area contributed by atoms with Crippen LogP contribution in [-0.4, -0.2) is 42.1 Å². The van der Waals surface area contributed by atoms with Crippen LogP contribution in [0.3, 0.4) is 0 Å². The number of hydrogen-bond acceptors (Lipinski definition) is 3. The van der Waals surface area contributed by atoms with Gasteiger partial charge in [0.25, 0.3) is 0 Å². The van der Waals surface area contributed by atoms with Crippen molar-refractivity contribution in [2.24, 2.45) is 0 Å². The van der Waals surface area contributed by atoms with Gasteiger partial charge in [-0.25, -0.2) is 0 Å². The van der Waals surface area contributed by atoms with Gasteiger partial charge in [0, 0.05) is 23.2 Å². The highest BCUT2D eigenvalue weighted by Crippen LogP contribution is 2.20. The van der Waals surface area contributed by atoms with Gasteiger partial charge in [0.1, 0.15) is 0 Å². The van der Waals surface area contributed by atoms with E-state index in [0.29, 0.717) is 6.61 Å². The first-order valence-electron chi connectivity index (χ1n) is 6.82. The number of nitrogens with one attached hydrogen (secondary N) is 1. The van der Waals surface area contributed by atoms with Gasteiger partial charge in [-0.05, 0) is 39.0 Å². The number of benzene rings is 1. The number of ether oxygens (including phenoxy) is 1. The zero-order chi connectivity index (χ0) is 14.8. The van der Waals surface area contributed by atoms with Crippen molar-refractivity contribution >= 4 is 27.5 Å². The molecule has 1 saturated heterocycles. The highest BCUT2D eigenvalue weighted by atomic mass is 79.9. The van der Waals surface area contributed by atoms with E-state index in [1.54, 1.807) is 0 Å². The molecule has 1 unspecified atom stereocenters. The lowest BCUT2D eigenvalue weighted by Crippen LogP contribution is -2.54. The van der Waals surface area contributed by atoms with Gasteiger partial charge in [-0.3, -0.25) is 9.69 Å². The molecule has 0 spiro atoms. The fraction of sp³-hybridized carbons (Fsp3) is 0.533. The van der Waals surface area contributed by atoms with Crippen LogP contribution in [0.25, 0.3) is 0 Å². The summed E-state index contributed by atoms with van der Waals surface area (Å²) < 4.78 is 6.63. The predicted molar refractivity (Wildman–Crippen MR) is 83.8 cm³/mol. The minimum absolute atomic E-state index is 0.0146. The summed E-state index contributed by atoms with van der Waals surface area (Å²) in [5.74, 6) is 0.0146. The average Bonchev–Trinajstić information content (AvgIpc) is 2.36. The zero-order valence-electron chi connectivity index (χ0n) is 12.1. The van der Waals surface area contributed by atoms with Crippen LogP contribution < -0.4 is 5.32 Å². The summed E-state index contributed by atoms with van der Waals surface area (Å²) in [7, 11) is 0. The predicted octanol–water partition coefficient (Wildman–Crippen LogP) is 2.89. The molecule has 1 atom stereocenters. The molecule has 0 aromatic heterocycles. The summed E-state index contributed by atoms with van der Waals surface area (Å²) >= 11 is 3.40. The molecule has 2 rings (SSSR count). The summed E-state index contributed by atoms with van der Waals surface area (Å²) in [5.41, 5.74) is 0.617. The number of anilines is 1. The number of morpholine rings is 1. The van der Waals surface area contributed by atoms with Gasteiger partial charge in [0.2, 0.25) is 5.91 Å². The molecular weight excluding hydrogens is 320 g/mol. The Kier molecular flexibility index (Phi) is 4.83. The number of nitrogens with zero attached hydrogens (tertiary/aromatic N) is 1. The van der Waals surface area contributed by atoms with Crippen LogP contribution in [0, 0.1) is 0 Å². The van der Waals surface area contributed by atoms with Crippen LogP contribution in [0.4, 0.5) is 5.69 Å². The maximum Gasteiger partial charge on any atom is 0.241 e. The maximum absolute atomic E-state index is 12.3. The molecule has 1 aromatic carbocycles. The molecule has 4 nitrogen and oxygen atoms in total. The van der Waals surface area contributed by atoms with E-state index >= 15 is 0 Å². The van der Waals surface area contributed by atoms with Gasteiger partial charge in [-0.2, -0.15) is 0 Å². The number of carbonyl (C=O) groups excluding carboxylic acids is 1. The maximum atomic E-state index is 12.3. The second-order valence-electron chi connectivity index (χ2n) is 5.75. The van der Waals surface area contributed by atoms with Crippen molar-refractivity contribution in [2.75, 3.05) is 25.0 Å². The van der Waals surface area contributed by atoms with Crippen molar-refractivity contribution in [1.29, 1.82) is 0 Å². The monoisotopic (exact) mass is 340 g/mol. The molecule has 1 fully saturated rings. The second-order valence-corrected chi connectivity index (χ2v) is 6.67. The van der Waals surface area contributed by atoms with Gasteiger partial charge >= 0.3 is 0 Å². The van der Waals surface area contributed by atoms with Crippen molar-refractivity contribution in [3.8, 4) is 0 Å². The molecule has 1 aliphatic rings. The molecule has 0 aliphatic carbocycles. The van der Waals surface area contributed by atoms with Gasteiger partial charge in [0.15, 0.2) is 0 Å². The quantitative estimate of drug-likeness (QED) is 0.919. The fourth-order valence-corrected chi connectivity index (χ4v) is 2.76. The highest BCUT2D eigenvalue weighted by molar-refractivity contribution is 9.10. The van der Waals surface area contributed by atoms with Gasteiger partial charge in [-0.15, -0.1) is 0 Å². The topological polar surface area (TPSA) is 41.6 Å². The molecular formula is C15H21BrN2O2. The van der Waals surface area contributed by atoms with Crippen molar-refractivity contribution in [3.05, 3.63) is 28.7 Å². The molecule has 110 valence electrons. The Morgan fingerprint density at radius 3 is 2.90 bits per heavy atom. The molecule has 1 aromatic rings. The molecule has 0 saturated carbocycles.